The van der Waals surface area contributed by atoms with Crippen molar-refractivity contribution < 1.29 is 0 Å². The molecular formula is C20H40. The van der Waals surface area contributed by atoms with Crippen LogP contribution in [0.5, 0.6) is 0 Å². The van der Waals surface area contributed by atoms with Crippen molar-refractivity contribution in [1.82, 2.24) is 0 Å². The minimum Gasteiger partial charge on any atom is -0.0599 e. The highest BCUT2D eigenvalue weighted by Crippen LogP contribution is 2.35. The molecule has 1 rings (SSSR count). The van der Waals surface area contributed by atoms with E-state index < -0.39 is 0 Å². The molecule has 0 nitrogen and oxygen atoms in total. The fourth-order valence-corrected chi connectivity index (χ4v) is 3.74. The van der Waals surface area contributed by atoms with Gasteiger partial charge in [-0.1, -0.05) is 91.9 Å². The Hall–Kier alpha value is 0. The highest BCUT2D eigenvalue weighted by Gasteiger charge is 2.21. The van der Waals surface area contributed by atoms with E-state index in [1.807, 2.05) is 0 Å². The van der Waals surface area contributed by atoms with E-state index in [0.29, 0.717) is 10.8 Å². The zero-order valence-electron chi connectivity index (χ0n) is 14.9. The molecular weight excluding hydrogens is 240 g/mol. The van der Waals surface area contributed by atoms with E-state index in [-0.39, 0.29) is 0 Å². The van der Waals surface area contributed by atoms with E-state index in [9.17, 15) is 0 Å². The van der Waals surface area contributed by atoms with Crippen molar-refractivity contribution in [2.45, 2.75) is 118 Å². The van der Waals surface area contributed by atoms with Gasteiger partial charge in [-0.3, -0.25) is 0 Å². The van der Waals surface area contributed by atoms with Crippen molar-refractivity contribution in [3.63, 3.8) is 0 Å². The maximum Gasteiger partial charge on any atom is -0.0354 e. The van der Waals surface area contributed by atoms with Gasteiger partial charge in [0.05, 0.1) is 0 Å². The lowest BCUT2D eigenvalue weighted by atomic mass is 9.77. The lowest BCUT2D eigenvalue weighted by Gasteiger charge is -2.29. The van der Waals surface area contributed by atoms with Gasteiger partial charge < -0.3 is 0 Å². The van der Waals surface area contributed by atoms with Crippen molar-refractivity contribution in [2.24, 2.45) is 10.8 Å². The van der Waals surface area contributed by atoms with Crippen LogP contribution < -0.4 is 0 Å². The molecule has 0 heteroatoms. The van der Waals surface area contributed by atoms with Crippen LogP contribution in [0.3, 0.4) is 0 Å². The van der Waals surface area contributed by atoms with Crippen LogP contribution in [-0.2, 0) is 0 Å². The van der Waals surface area contributed by atoms with E-state index in [1.165, 1.54) is 89.9 Å². The van der Waals surface area contributed by atoms with Crippen LogP contribution in [0.1, 0.15) is 118 Å². The largest absolute Gasteiger partial charge is 0.0599 e. The molecule has 0 radical (unpaired) electrons. The molecule has 0 amide bonds. The predicted octanol–water partition coefficient (Wildman–Crippen LogP) is 7.51. The predicted molar refractivity (Wildman–Crippen MR) is 92.2 cm³/mol. The summed E-state index contributed by atoms with van der Waals surface area (Å²) < 4.78 is 0. The molecule has 0 saturated heterocycles. The minimum atomic E-state index is 0.577. The van der Waals surface area contributed by atoms with Gasteiger partial charge in [-0.25, -0.2) is 0 Å². The first-order valence-corrected chi connectivity index (χ1v) is 9.41. The van der Waals surface area contributed by atoms with Crippen LogP contribution in [-0.4, -0.2) is 0 Å². The molecule has 1 aliphatic rings. The first kappa shape index (κ1) is 18.1. The molecule has 0 heterocycles. The summed E-state index contributed by atoms with van der Waals surface area (Å²) in [6.07, 6.45) is 20.4. The fourth-order valence-electron chi connectivity index (χ4n) is 3.74. The number of hydrogen-bond acceptors (Lipinski definition) is 0. The lowest BCUT2D eigenvalue weighted by molar-refractivity contribution is 0.234. The zero-order valence-corrected chi connectivity index (χ0v) is 14.9. The lowest BCUT2D eigenvalue weighted by Crippen LogP contribution is -2.15. The second kappa shape index (κ2) is 9.11. The van der Waals surface area contributed by atoms with Gasteiger partial charge >= 0.3 is 0 Å². The van der Waals surface area contributed by atoms with Crippen LogP contribution >= 0.6 is 0 Å². The molecule has 0 unspecified atom stereocenters. The number of rotatable bonds is 0. The highest BCUT2D eigenvalue weighted by molar-refractivity contribution is 4.74. The molecule has 0 aliphatic heterocycles. The Morgan fingerprint density at radius 2 is 0.600 bits per heavy atom. The van der Waals surface area contributed by atoms with Gasteiger partial charge in [0.2, 0.25) is 0 Å². The standard InChI is InChI=1S/C20H40/c1-19(2)15-12-10-8-6-5-7-9-11-13-16-20(3,4)18-14-17-19/h5-18H2,1-4H3. The molecule has 0 N–H and O–H groups in total. The molecule has 0 spiro atoms. The Kier molecular flexibility index (Phi) is 8.22. The summed E-state index contributed by atoms with van der Waals surface area (Å²) >= 11 is 0. The Bertz CT molecular complexity index is 212. The van der Waals surface area contributed by atoms with Crippen LogP contribution in [0.2, 0.25) is 0 Å². The molecule has 20 heavy (non-hydrogen) atoms. The molecule has 0 atom stereocenters. The molecule has 0 aromatic heterocycles. The van der Waals surface area contributed by atoms with E-state index in [0.717, 1.165) is 0 Å². The van der Waals surface area contributed by atoms with E-state index in [4.69, 9.17) is 0 Å². The van der Waals surface area contributed by atoms with E-state index in [2.05, 4.69) is 27.7 Å². The van der Waals surface area contributed by atoms with Crippen LogP contribution in [0, 0.1) is 10.8 Å². The zero-order chi connectivity index (χ0) is 14.9. The van der Waals surface area contributed by atoms with Crippen LogP contribution in [0.15, 0.2) is 0 Å². The molecule has 0 bridgehead atoms. The molecule has 0 aromatic rings. The van der Waals surface area contributed by atoms with Crippen molar-refractivity contribution in [2.75, 3.05) is 0 Å². The average Bonchev–Trinajstić information content (AvgIpc) is 2.34. The highest BCUT2D eigenvalue weighted by atomic mass is 14.3. The molecule has 1 aliphatic carbocycles. The SMILES string of the molecule is CC1(C)CCCCCCCCCCCC(C)(C)CCC1. The quantitative estimate of drug-likeness (QED) is 0.430. The minimum absolute atomic E-state index is 0.577. The smallest absolute Gasteiger partial charge is 0.0354 e. The molecule has 0 aromatic carbocycles. The summed E-state index contributed by atoms with van der Waals surface area (Å²) in [5.41, 5.74) is 1.15. The third-order valence-corrected chi connectivity index (χ3v) is 5.41. The summed E-state index contributed by atoms with van der Waals surface area (Å²) in [5.74, 6) is 0. The normalized spacial score (nSPS) is 27.0. The summed E-state index contributed by atoms with van der Waals surface area (Å²) in [7, 11) is 0. The Balaban J connectivity index is 2.39. The first-order valence-electron chi connectivity index (χ1n) is 9.41. The van der Waals surface area contributed by atoms with Gasteiger partial charge in [-0.2, -0.15) is 0 Å². The maximum atomic E-state index is 2.49. The van der Waals surface area contributed by atoms with Crippen molar-refractivity contribution in [3.05, 3.63) is 0 Å². The summed E-state index contributed by atoms with van der Waals surface area (Å²) in [6, 6.07) is 0. The summed E-state index contributed by atoms with van der Waals surface area (Å²) in [5, 5.41) is 0. The van der Waals surface area contributed by atoms with Crippen molar-refractivity contribution in [1.29, 1.82) is 0 Å². The van der Waals surface area contributed by atoms with E-state index >= 15 is 0 Å². The third-order valence-electron chi connectivity index (χ3n) is 5.41. The van der Waals surface area contributed by atoms with Crippen LogP contribution in [0.4, 0.5) is 0 Å². The average molecular weight is 281 g/mol. The van der Waals surface area contributed by atoms with Gasteiger partial charge in [0, 0.05) is 0 Å². The van der Waals surface area contributed by atoms with Crippen LogP contribution in [0.25, 0.3) is 0 Å². The van der Waals surface area contributed by atoms with Gasteiger partial charge in [0.25, 0.3) is 0 Å². The monoisotopic (exact) mass is 280 g/mol. The van der Waals surface area contributed by atoms with Crippen molar-refractivity contribution >= 4 is 0 Å². The maximum absolute atomic E-state index is 2.49. The van der Waals surface area contributed by atoms with Gasteiger partial charge in [0.1, 0.15) is 0 Å². The van der Waals surface area contributed by atoms with Crippen molar-refractivity contribution in [3.8, 4) is 0 Å². The second-order valence-corrected chi connectivity index (χ2v) is 8.86. The topological polar surface area (TPSA) is 0 Å². The Morgan fingerprint density at radius 1 is 0.350 bits per heavy atom. The summed E-state index contributed by atoms with van der Waals surface area (Å²) in [6.45, 7) is 9.96. The van der Waals surface area contributed by atoms with Gasteiger partial charge in [-0.15, -0.1) is 0 Å². The second-order valence-electron chi connectivity index (χ2n) is 8.86. The Labute approximate surface area is 129 Å². The van der Waals surface area contributed by atoms with E-state index in [1.54, 1.807) is 0 Å². The first-order chi connectivity index (χ1) is 9.41. The summed E-state index contributed by atoms with van der Waals surface area (Å²) in [4.78, 5) is 0. The molecule has 120 valence electrons. The fraction of sp³-hybridized carbons (Fsp3) is 1.00. The third kappa shape index (κ3) is 9.03. The molecule has 1 fully saturated rings. The molecule has 1 saturated carbocycles. The number of hydrogen-bond donors (Lipinski definition) is 0. The van der Waals surface area contributed by atoms with Gasteiger partial charge in [-0.05, 0) is 36.5 Å². The van der Waals surface area contributed by atoms with Gasteiger partial charge in [0.15, 0.2) is 0 Å². The Morgan fingerprint density at radius 3 is 0.950 bits per heavy atom.